The number of rotatable bonds is 4. The minimum atomic E-state index is 0.103. The first-order chi connectivity index (χ1) is 8.22. The van der Waals surface area contributed by atoms with Gasteiger partial charge in [0.25, 0.3) is 0 Å². The van der Waals surface area contributed by atoms with Gasteiger partial charge in [0.1, 0.15) is 0 Å². The molecule has 0 amide bonds. The number of alkyl halides is 1. The van der Waals surface area contributed by atoms with Gasteiger partial charge in [0, 0.05) is 4.88 Å². The van der Waals surface area contributed by atoms with Crippen LogP contribution in [0.15, 0.2) is 35.7 Å². The van der Waals surface area contributed by atoms with Gasteiger partial charge in [0.2, 0.25) is 0 Å². The largest absolute Gasteiger partial charge is 0.147 e. The van der Waals surface area contributed by atoms with Crippen LogP contribution in [0.3, 0.4) is 0 Å². The molecule has 1 atom stereocenters. The summed E-state index contributed by atoms with van der Waals surface area (Å²) in [7, 11) is 0. The van der Waals surface area contributed by atoms with Gasteiger partial charge in [-0.2, -0.15) is 0 Å². The fraction of sp³-hybridized carbons (Fsp3) is 0.333. The molecule has 0 spiro atoms. The Bertz CT molecular complexity index is 487. The fourth-order valence-electron chi connectivity index (χ4n) is 2.04. The van der Waals surface area contributed by atoms with Crippen molar-refractivity contribution in [3.63, 3.8) is 0 Å². The lowest BCUT2D eigenvalue weighted by Crippen LogP contribution is -1.98. The molecule has 1 heterocycles. The van der Waals surface area contributed by atoms with Crippen LogP contribution in [0, 0.1) is 6.92 Å². The van der Waals surface area contributed by atoms with E-state index in [4.69, 9.17) is 11.6 Å². The molecule has 90 valence electrons. The zero-order chi connectivity index (χ0) is 12.3. The summed E-state index contributed by atoms with van der Waals surface area (Å²) in [5.41, 5.74) is 4.07. The van der Waals surface area contributed by atoms with Crippen LogP contribution in [0.5, 0.6) is 0 Å². The lowest BCUT2D eigenvalue weighted by Gasteiger charge is -2.11. The molecule has 2 aromatic rings. The number of aryl methyl sites for hydroxylation is 2. The molecular weight excluding hydrogens is 248 g/mol. The minimum absolute atomic E-state index is 0.103. The van der Waals surface area contributed by atoms with Gasteiger partial charge in [-0.25, -0.2) is 0 Å². The van der Waals surface area contributed by atoms with Crippen LogP contribution in [0.1, 0.15) is 33.9 Å². The van der Waals surface area contributed by atoms with Crippen LogP contribution in [-0.4, -0.2) is 0 Å². The molecule has 0 saturated carbocycles. The van der Waals surface area contributed by atoms with Crippen LogP contribution in [0.25, 0.3) is 0 Å². The third-order valence-corrected chi connectivity index (χ3v) is 4.68. The highest BCUT2D eigenvalue weighted by Gasteiger charge is 2.14. The molecule has 17 heavy (non-hydrogen) atoms. The highest BCUT2D eigenvalue weighted by atomic mass is 35.5. The SMILES string of the molecule is CCc1ccsc1C(Cl)Cc1ccccc1C. The normalized spacial score (nSPS) is 12.6. The first-order valence-corrected chi connectivity index (χ1v) is 7.28. The van der Waals surface area contributed by atoms with E-state index >= 15 is 0 Å². The van der Waals surface area contributed by atoms with Gasteiger partial charge in [-0.3, -0.25) is 0 Å². The molecule has 0 radical (unpaired) electrons. The number of hydrogen-bond donors (Lipinski definition) is 0. The van der Waals surface area contributed by atoms with Crippen LogP contribution >= 0.6 is 22.9 Å². The summed E-state index contributed by atoms with van der Waals surface area (Å²) < 4.78 is 0. The molecule has 0 N–H and O–H groups in total. The highest BCUT2D eigenvalue weighted by molar-refractivity contribution is 7.10. The average Bonchev–Trinajstić information content (AvgIpc) is 2.80. The van der Waals surface area contributed by atoms with Crippen molar-refractivity contribution in [2.75, 3.05) is 0 Å². The zero-order valence-corrected chi connectivity index (χ0v) is 11.8. The maximum atomic E-state index is 6.55. The molecule has 0 bridgehead atoms. The van der Waals surface area contributed by atoms with E-state index in [1.165, 1.54) is 21.6 Å². The summed E-state index contributed by atoms with van der Waals surface area (Å²) in [5, 5.41) is 2.24. The first-order valence-electron chi connectivity index (χ1n) is 5.97. The molecule has 0 aliphatic carbocycles. The molecule has 0 fully saturated rings. The predicted octanol–water partition coefficient (Wildman–Crippen LogP) is 5.14. The predicted molar refractivity (Wildman–Crippen MR) is 77.2 cm³/mol. The quantitative estimate of drug-likeness (QED) is 0.671. The van der Waals surface area contributed by atoms with Gasteiger partial charge in [0.15, 0.2) is 0 Å². The summed E-state index contributed by atoms with van der Waals surface area (Å²) in [6, 6.07) is 10.7. The summed E-state index contributed by atoms with van der Waals surface area (Å²) >= 11 is 8.32. The van der Waals surface area contributed by atoms with Gasteiger partial charge in [0.05, 0.1) is 5.38 Å². The molecule has 2 rings (SSSR count). The summed E-state index contributed by atoms with van der Waals surface area (Å²) in [4.78, 5) is 1.33. The second-order valence-corrected chi connectivity index (χ2v) is 5.74. The topological polar surface area (TPSA) is 0 Å². The van der Waals surface area contributed by atoms with Crippen molar-refractivity contribution in [2.45, 2.75) is 32.1 Å². The summed E-state index contributed by atoms with van der Waals surface area (Å²) in [6.45, 7) is 4.33. The van der Waals surface area contributed by atoms with E-state index in [1.807, 2.05) is 0 Å². The van der Waals surface area contributed by atoms with Crippen LogP contribution < -0.4 is 0 Å². The van der Waals surface area contributed by atoms with Crippen molar-refractivity contribution >= 4 is 22.9 Å². The second kappa shape index (κ2) is 5.70. The summed E-state index contributed by atoms with van der Waals surface area (Å²) in [6.07, 6.45) is 1.98. The number of benzene rings is 1. The maximum absolute atomic E-state index is 6.55. The van der Waals surface area contributed by atoms with Gasteiger partial charge >= 0.3 is 0 Å². The first kappa shape index (κ1) is 12.7. The van der Waals surface area contributed by atoms with Gasteiger partial charge in [-0.1, -0.05) is 31.2 Å². The second-order valence-electron chi connectivity index (χ2n) is 4.26. The average molecular weight is 265 g/mol. The molecule has 1 aromatic carbocycles. The molecule has 0 nitrogen and oxygen atoms in total. The van der Waals surface area contributed by atoms with Crippen LogP contribution in [0.2, 0.25) is 0 Å². The molecule has 1 unspecified atom stereocenters. The van der Waals surface area contributed by atoms with Crippen LogP contribution in [0.4, 0.5) is 0 Å². The smallest absolute Gasteiger partial charge is 0.0721 e. The Kier molecular flexibility index (Phi) is 4.25. The van der Waals surface area contributed by atoms with E-state index in [0.717, 1.165) is 12.8 Å². The van der Waals surface area contributed by atoms with E-state index < -0.39 is 0 Å². The molecule has 2 heteroatoms. The third-order valence-electron chi connectivity index (χ3n) is 3.11. The van der Waals surface area contributed by atoms with E-state index in [2.05, 4.69) is 49.6 Å². The lowest BCUT2D eigenvalue weighted by atomic mass is 10.0. The van der Waals surface area contributed by atoms with E-state index in [9.17, 15) is 0 Å². The molecule has 0 aliphatic heterocycles. The molecule has 1 aromatic heterocycles. The zero-order valence-electron chi connectivity index (χ0n) is 10.2. The monoisotopic (exact) mass is 264 g/mol. The standard InChI is InChI=1S/C15H17ClS/c1-3-12-8-9-17-15(12)14(16)10-13-7-5-4-6-11(13)2/h4-9,14H,3,10H2,1-2H3. The Balaban J connectivity index is 2.17. The third kappa shape index (κ3) is 2.91. The van der Waals surface area contributed by atoms with E-state index in [0.29, 0.717) is 0 Å². The Hall–Kier alpha value is -0.790. The maximum Gasteiger partial charge on any atom is 0.0721 e. The number of thiophene rings is 1. The van der Waals surface area contributed by atoms with E-state index in [-0.39, 0.29) is 5.38 Å². The van der Waals surface area contributed by atoms with E-state index in [1.54, 1.807) is 11.3 Å². The Morgan fingerprint density at radius 2 is 1.94 bits per heavy atom. The highest BCUT2D eigenvalue weighted by Crippen LogP contribution is 2.33. The van der Waals surface area contributed by atoms with Crippen LogP contribution in [-0.2, 0) is 12.8 Å². The molecule has 0 saturated heterocycles. The Morgan fingerprint density at radius 3 is 2.65 bits per heavy atom. The van der Waals surface area contributed by atoms with Crippen molar-refractivity contribution in [3.8, 4) is 0 Å². The molecule has 0 aliphatic rings. The van der Waals surface area contributed by atoms with Crippen molar-refractivity contribution in [1.82, 2.24) is 0 Å². The van der Waals surface area contributed by atoms with Crippen molar-refractivity contribution in [2.24, 2.45) is 0 Å². The van der Waals surface area contributed by atoms with Gasteiger partial charge < -0.3 is 0 Å². The lowest BCUT2D eigenvalue weighted by molar-refractivity contribution is 0.911. The van der Waals surface area contributed by atoms with Crippen molar-refractivity contribution < 1.29 is 0 Å². The van der Waals surface area contributed by atoms with Gasteiger partial charge in [-0.15, -0.1) is 22.9 Å². The fourth-order valence-corrected chi connectivity index (χ4v) is 3.47. The number of halogens is 1. The Morgan fingerprint density at radius 1 is 1.18 bits per heavy atom. The summed E-state index contributed by atoms with van der Waals surface area (Å²) in [5.74, 6) is 0. The van der Waals surface area contributed by atoms with Crippen molar-refractivity contribution in [3.05, 3.63) is 57.3 Å². The number of hydrogen-bond acceptors (Lipinski definition) is 1. The Labute approximate surface area is 112 Å². The minimum Gasteiger partial charge on any atom is -0.147 e. The molecular formula is C15H17ClS. The van der Waals surface area contributed by atoms with Crippen molar-refractivity contribution in [1.29, 1.82) is 0 Å². The van der Waals surface area contributed by atoms with Gasteiger partial charge in [-0.05, 0) is 47.9 Å².